The fourth-order valence-corrected chi connectivity index (χ4v) is 5.41. The maximum absolute atomic E-state index is 14.5. The van der Waals surface area contributed by atoms with Gasteiger partial charge in [0.2, 0.25) is 0 Å². The van der Waals surface area contributed by atoms with Crippen molar-refractivity contribution in [1.82, 2.24) is 0 Å². The molecule has 0 N–H and O–H groups in total. The maximum Gasteiger partial charge on any atom is 0.340 e. The molecule has 0 aliphatic heterocycles. The third-order valence-corrected chi connectivity index (χ3v) is 6.98. The van der Waals surface area contributed by atoms with Crippen LogP contribution in [-0.2, 0) is 4.74 Å². The van der Waals surface area contributed by atoms with Crippen LogP contribution in [-0.4, -0.2) is 13.1 Å². The number of benzene rings is 1. The van der Waals surface area contributed by atoms with Crippen LogP contribution in [0.15, 0.2) is 12.1 Å². The van der Waals surface area contributed by atoms with E-state index in [9.17, 15) is 13.6 Å². The van der Waals surface area contributed by atoms with Crippen molar-refractivity contribution in [3.05, 3.63) is 34.9 Å². The molecular formula is C23H32F2O2. The predicted octanol–water partition coefficient (Wildman–Crippen LogP) is 6.63. The lowest BCUT2D eigenvalue weighted by Crippen LogP contribution is -2.25. The van der Waals surface area contributed by atoms with Gasteiger partial charge in [-0.3, -0.25) is 0 Å². The van der Waals surface area contributed by atoms with E-state index in [1.165, 1.54) is 51.7 Å². The van der Waals surface area contributed by atoms with Gasteiger partial charge < -0.3 is 4.74 Å². The van der Waals surface area contributed by atoms with Crippen LogP contribution in [0.25, 0.3) is 0 Å². The molecule has 1 aromatic carbocycles. The number of esters is 1. The number of carbonyl (C=O) groups is 1. The first kappa shape index (κ1) is 20.3. The fraction of sp³-hybridized carbons (Fsp3) is 0.696. The minimum absolute atomic E-state index is 0.0545. The SMILES string of the molecule is CCCC1CCC(C2CCC(c3ccc(C(=O)OC)c(F)c3F)CC2)CC1. The van der Waals surface area contributed by atoms with Crippen LogP contribution in [0, 0.1) is 29.4 Å². The van der Waals surface area contributed by atoms with E-state index in [1.54, 1.807) is 6.07 Å². The van der Waals surface area contributed by atoms with Crippen LogP contribution in [0.4, 0.5) is 8.78 Å². The molecule has 0 unspecified atom stereocenters. The van der Waals surface area contributed by atoms with Gasteiger partial charge in [0.25, 0.3) is 0 Å². The Morgan fingerprint density at radius 2 is 1.56 bits per heavy atom. The molecule has 0 atom stereocenters. The summed E-state index contributed by atoms with van der Waals surface area (Å²) in [6.07, 6.45) is 12.1. The monoisotopic (exact) mass is 378 g/mol. The topological polar surface area (TPSA) is 26.3 Å². The average molecular weight is 379 g/mol. The van der Waals surface area contributed by atoms with Gasteiger partial charge in [-0.2, -0.15) is 0 Å². The lowest BCUT2D eigenvalue weighted by molar-refractivity contribution is 0.0594. The summed E-state index contributed by atoms with van der Waals surface area (Å²) >= 11 is 0. The Balaban J connectivity index is 1.58. The van der Waals surface area contributed by atoms with E-state index in [0.717, 1.165) is 43.4 Å². The van der Waals surface area contributed by atoms with Crippen molar-refractivity contribution in [2.75, 3.05) is 7.11 Å². The summed E-state index contributed by atoms with van der Waals surface area (Å²) in [6, 6.07) is 2.94. The van der Waals surface area contributed by atoms with Crippen LogP contribution >= 0.6 is 0 Å². The summed E-state index contributed by atoms with van der Waals surface area (Å²) in [4.78, 5) is 11.5. The molecule has 150 valence electrons. The molecule has 0 heterocycles. The van der Waals surface area contributed by atoms with Crippen molar-refractivity contribution in [3.8, 4) is 0 Å². The van der Waals surface area contributed by atoms with E-state index in [-0.39, 0.29) is 11.5 Å². The van der Waals surface area contributed by atoms with Gasteiger partial charge in [-0.25, -0.2) is 13.6 Å². The van der Waals surface area contributed by atoms with Gasteiger partial charge in [0, 0.05) is 0 Å². The van der Waals surface area contributed by atoms with E-state index < -0.39 is 17.6 Å². The van der Waals surface area contributed by atoms with Crippen molar-refractivity contribution in [1.29, 1.82) is 0 Å². The van der Waals surface area contributed by atoms with Crippen LogP contribution in [0.2, 0.25) is 0 Å². The first-order valence-corrected chi connectivity index (χ1v) is 10.6. The standard InChI is InChI=1S/C23H32F2O2/c1-3-4-15-5-7-16(8-6-15)17-9-11-18(12-10-17)19-13-14-20(23(26)27-2)22(25)21(19)24/h13-18H,3-12H2,1-2H3. The molecule has 1 aromatic rings. The van der Waals surface area contributed by atoms with Crippen molar-refractivity contribution in [3.63, 3.8) is 0 Å². The number of ether oxygens (including phenoxy) is 1. The highest BCUT2D eigenvalue weighted by atomic mass is 19.2. The van der Waals surface area contributed by atoms with E-state index in [4.69, 9.17) is 0 Å². The van der Waals surface area contributed by atoms with E-state index in [1.807, 2.05) is 0 Å². The average Bonchev–Trinajstić information content (AvgIpc) is 2.70. The summed E-state index contributed by atoms with van der Waals surface area (Å²) in [5.41, 5.74) is 0.0986. The molecule has 0 spiro atoms. The highest BCUT2D eigenvalue weighted by Gasteiger charge is 2.32. The van der Waals surface area contributed by atoms with Gasteiger partial charge in [-0.1, -0.05) is 38.7 Å². The highest BCUT2D eigenvalue weighted by Crippen LogP contribution is 2.45. The zero-order valence-corrected chi connectivity index (χ0v) is 16.6. The molecule has 0 amide bonds. The van der Waals surface area contributed by atoms with Gasteiger partial charge in [-0.15, -0.1) is 0 Å². The predicted molar refractivity (Wildman–Crippen MR) is 103 cm³/mol. The van der Waals surface area contributed by atoms with Crippen LogP contribution < -0.4 is 0 Å². The molecule has 2 saturated carbocycles. The van der Waals surface area contributed by atoms with E-state index >= 15 is 0 Å². The molecule has 0 radical (unpaired) electrons. The molecule has 2 aliphatic carbocycles. The molecule has 2 fully saturated rings. The molecule has 27 heavy (non-hydrogen) atoms. The molecule has 0 aromatic heterocycles. The maximum atomic E-state index is 14.5. The second kappa shape index (κ2) is 9.16. The van der Waals surface area contributed by atoms with Crippen LogP contribution in [0.5, 0.6) is 0 Å². The van der Waals surface area contributed by atoms with E-state index in [2.05, 4.69) is 11.7 Å². The largest absolute Gasteiger partial charge is 0.465 e. The zero-order chi connectivity index (χ0) is 19.4. The Morgan fingerprint density at radius 3 is 2.11 bits per heavy atom. The lowest BCUT2D eigenvalue weighted by Gasteiger charge is -2.38. The summed E-state index contributed by atoms with van der Waals surface area (Å²) < 4.78 is 33.3. The van der Waals surface area contributed by atoms with Gasteiger partial charge in [0.05, 0.1) is 12.7 Å². The Bertz CT molecular complexity index is 642. The summed E-state index contributed by atoms with van der Waals surface area (Å²) in [5.74, 6) is -0.238. The quantitative estimate of drug-likeness (QED) is 0.537. The number of halogens is 2. The first-order valence-electron chi connectivity index (χ1n) is 10.6. The van der Waals surface area contributed by atoms with Gasteiger partial charge in [0.1, 0.15) is 0 Å². The van der Waals surface area contributed by atoms with Crippen molar-refractivity contribution < 1.29 is 18.3 Å². The van der Waals surface area contributed by atoms with Crippen LogP contribution in [0.1, 0.15) is 93.0 Å². The fourth-order valence-electron chi connectivity index (χ4n) is 5.41. The first-order chi connectivity index (χ1) is 13.0. The van der Waals surface area contributed by atoms with Crippen molar-refractivity contribution in [2.45, 2.75) is 77.0 Å². The van der Waals surface area contributed by atoms with E-state index in [0.29, 0.717) is 5.56 Å². The summed E-state index contributed by atoms with van der Waals surface area (Å²) in [6.45, 7) is 2.27. The van der Waals surface area contributed by atoms with Crippen molar-refractivity contribution >= 4 is 5.97 Å². The molecule has 2 aliphatic rings. The number of hydrogen-bond donors (Lipinski definition) is 0. The Morgan fingerprint density at radius 1 is 0.963 bits per heavy atom. The smallest absolute Gasteiger partial charge is 0.340 e. The molecule has 3 rings (SSSR count). The van der Waals surface area contributed by atoms with Gasteiger partial charge >= 0.3 is 5.97 Å². The van der Waals surface area contributed by atoms with Crippen molar-refractivity contribution in [2.24, 2.45) is 17.8 Å². The minimum atomic E-state index is -1.07. The molecule has 0 bridgehead atoms. The van der Waals surface area contributed by atoms with Crippen LogP contribution in [0.3, 0.4) is 0 Å². The summed E-state index contributed by atoms with van der Waals surface area (Å²) in [5, 5.41) is 0. The number of rotatable bonds is 5. The van der Waals surface area contributed by atoms with Gasteiger partial charge in [0.15, 0.2) is 11.6 Å². The Labute approximate surface area is 161 Å². The zero-order valence-electron chi connectivity index (χ0n) is 16.6. The summed E-state index contributed by atoms with van der Waals surface area (Å²) in [7, 11) is 1.17. The Hall–Kier alpha value is -1.45. The molecular weight excluding hydrogens is 346 g/mol. The van der Waals surface area contributed by atoms with Gasteiger partial charge in [-0.05, 0) is 73.8 Å². The molecule has 4 heteroatoms. The minimum Gasteiger partial charge on any atom is -0.465 e. The number of methoxy groups -OCH3 is 1. The second-order valence-electron chi connectivity index (χ2n) is 8.50. The highest BCUT2D eigenvalue weighted by molar-refractivity contribution is 5.89. The lowest BCUT2D eigenvalue weighted by atomic mass is 9.68. The number of hydrogen-bond acceptors (Lipinski definition) is 2. The third kappa shape index (κ3) is 4.52. The molecule has 2 nitrogen and oxygen atoms in total. The normalized spacial score (nSPS) is 28.7. The molecule has 0 saturated heterocycles. The second-order valence-corrected chi connectivity index (χ2v) is 8.50. The Kier molecular flexibility index (Phi) is 6.88. The number of carbonyl (C=O) groups excluding carboxylic acids is 1. The third-order valence-electron chi connectivity index (χ3n) is 6.98.